The zero-order valence-corrected chi connectivity index (χ0v) is 14.6. The van der Waals surface area contributed by atoms with Crippen LogP contribution in [0.15, 0.2) is 4.99 Å². The van der Waals surface area contributed by atoms with E-state index in [0.717, 1.165) is 25.2 Å². The first-order chi connectivity index (χ1) is 7.89. The summed E-state index contributed by atoms with van der Waals surface area (Å²) in [6, 6.07) is 0.343. The van der Waals surface area contributed by atoms with E-state index < -0.39 is 10.0 Å². The average molecular weight is 392 g/mol. The van der Waals surface area contributed by atoms with Crippen LogP contribution in [-0.4, -0.2) is 46.3 Å². The first-order valence-corrected chi connectivity index (χ1v) is 7.77. The van der Waals surface area contributed by atoms with Crippen LogP contribution in [-0.2, 0) is 10.0 Å². The van der Waals surface area contributed by atoms with Crippen LogP contribution in [0.4, 0.5) is 0 Å². The van der Waals surface area contributed by atoms with E-state index in [9.17, 15) is 8.42 Å². The number of halogens is 1. The Morgan fingerprint density at radius 1 is 1.33 bits per heavy atom. The maximum atomic E-state index is 10.8. The number of hydrogen-bond donors (Lipinski definition) is 3. The predicted molar refractivity (Wildman–Crippen MR) is 87.1 cm³/mol. The zero-order chi connectivity index (χ0) is 13.3. The summed E-state index contributed by atoms with van der Waals surface area (Å²) in [7, 11) is -3.12. The molecule has 1 atom stereocenters. The lowest BCUT2D eigenvalue weighted by Crippen LogP contribution is -2.42. The van der Waals surface area contributed by atoms with Gasteiger partial charge in [0.05, 0.1) is 12.8 Å². The van der Waals surface area contributed by atoms with Crippen LogP contribution in [0, 0.1) is 0 Å². The Morgan fingerprint density at radius 3 is 2.39 bits per heavy atom. The van der Waals surface area contributed by atoms with Crippen molar-refractivity contribution in [1.82, 2.24) is 15.4 Å². The van der Waals surface area contributed by atoms with Gasteiger partial charge in [-0.2, -0.15) is 0 Å². The molecule has 0 saturated carbocycles. The minimum absolute atomic E-state index is 0. The standard InChI is InChI=1S/C10H24N4O2S.HI/c1-5-9(3)14-10(11-6-2)12-7-8-13-17(4,15)16;/h9,13H,5-8H2,1-4H3,(H2,11,12,14);1H. The number of rotatable bonds is 7. The summed E-state index contributed by atoms with van der Waals surface area (Å²) in [5, 5.41) is 6.33. The van der Waals surface area contributed by atoms with E-state index in [-0.39, 0.29) is 24.0 Å². The molecule has 8 heteroatoms. The molecule has 0 aromatic rings. The minimum Gasteiger partial charge on any atom is -0.357 e. The van der Waals surface area contributed by atoms with E-state index in [0.29, 0.717) is 19.1 Å². The Hall–Kier alpha value is -0.0900. The summed E-state index contributed by atoms with van der Waals surface area (Å²) in [4.78, 5) is 4.27. The number of sulfonamides is 1. The number of nitrogens with one attached hydrogen (secondary N) is 3. The molecular weight excluding hydrogens is 367 g/mol. The summed E-state index contributed by atoms with van der Waals surface area (Å²) >= 11 is 0. The molecule has 1 unspecified atom stereocenters. The number of hydrogen-bond acceptors (Lipinski definition) is 3. The fraction of sp³-hybridized carbons (Fsp3) is 0.900. The third kappa shape index (κ3) is 12.4. The lowest BCUT2D eigenvalue weighted by Gasteiger charge is -2.16. The molecule has 0 aliphatic carbocycles. The van der Waals surface area contributed by atoms with Crippen LogP contribution >= 0.6 is 24.0 Å². The molecule has 0 aromatic heterocycles. The summed E-state index contributed by atoms with van der Waals surface area (Å²) < 4.78 is 24.1. The molecule has 0 rings (SSSR count). The van der Waals surface area contributed by atoms with Crippen LogP contribution in [0.25, 0.3) is 0 Å². The van der Waals surface area contributed by atoms with Crippen molar-refractivity contribution in [2.75, 3.05) is 25.9 Å². The van der Waals surface area contributed by atoms with Gasteiger partial charge in [-0.25, -0.2) is 13.1 Å². The van der Waals surface area contributed by atoms with Crippen molar-refractivity contribution in [2.24, 2.45) is 4.99 Å². The van der Waals surface area contributed by atoms with Gasteiger partial charge in [-0.15, -0.1) is 24.0 Å². The van der Waals surface area contributed by atoms with Crippen LogP contribution in [0.1, 0.15) is 27.2 Å². The van der Waals surface area contributed by atoms with Gasteiger partial charge in [-0.1, -0.05) is 6.92 Å². The molecule has 6 nitrogen and oxygen atoms in total. The lowest BCUT2D eigenvalue weighted by molar-refractivity contribution is 0.587. The van der Waals surface area contributed by atoms with Crippen molar-refractivity contribution >= 4 is 40.0 Å². The molecule has 0 aliphatic rings. The lowest BCUT2D eigenvalue weighted by atomic mass is 10.3. The summed E-state index contributed by atoms with van der Waals surface area (Å²) in [6.45, 7) is 7.66. The highest BCUT2D eigenvalue weighted by molar-refractivity contribution is 14.0. The van der Waals surface area contributed by atoms with E-state index in [1.165, 1.54) is 0 Å². The summed E-state index contributed by atoms with van der Waals surface area (Å²) in [5.74, 6) is 0.720. The minimum atomic E-state index is -3.12. The van der Waals surface area contributed by atoms with Gasteiger partial charge in [-0.05, 0) is 20.3 Å². The maximum absolute atomic E-state index is 10.8. The van der Waals surface area contributed by atoms with Gasteiger partial charge in [0, 0.05) is 19.1 Å². The Morgan fingerprint density at radius 2 is 1.94 bits per heavy atom. The molecule has 0 spiro atoms. The molecule has 0 heterocycles. The monoisotopic (exact) mass is 392 g/mol. The third-order valence-corrected chi connectivity index (χ3v) is 2.81. The van der Waals surface area contributed by atoms with Crippen LogP contribution < -0.4 is 15.4 Å². The molecule has 0 saturated heterocycles. The van der Waals surface area contributed by atoms with Crippen molar-refractivity contribution in [2.45, 2.75) is 33.2 Å². The summed E-state index contributed by atoms with van der Waals surface area (Å²) in [5.41, 5.74) is 0. The highest BCUT2D eigenvalue weighted by Crippen LogP contribution is 1.87. The number of aliphatic imine (C=N–C) groups is 1. The Balaban J connectivity index is 0. The highest BCUT2D eigenvalue weighted by Gasteiger charge is 2.02. The maximum Gasteiger partial charge on any atom is 0.208 e. The van der Waals surface area contributed by atoms with E-state index in [4.69, 9.17) is 0 Å². The van der Waals surface area contributed by atoms with Gasteiger partial charge in [0.1, 0.15) is 0 Å². The first kappa shape index (κ1) is 20.2. The molecular formula is C10H25IN4O2S. The van der Waals surface area contributed by atoms with Crippen molar-refractivity contribution in [1.29, 1.82) is 0 Å². The van der Waals surface area contributed by atoms with Gasteiger partial charge in [0.25, 0.3) is 0 Å². The second kappa shape index (κ2) is 10.8. The van der Waals surface area contributed by atoms with Gasteiger partial charge in [0.2, 0.25) is 10.0 Å². The molecule has 0 radical (unpaired) electrons. The van der Waals surface area contributed by atoms with Crippen LogP contribution in [0.5, 0.6) is 0 Å². The van der Waals surface area contributed by atoms with Gasteiger partial charge >= 0.3 is 0 Å². The molecule has 110 valence electrons. The van der Waals surface area contributed by atoms with Crippen molar-refractivity contribution in [3.8, 4) is 0 Å². The topological polar surface area (TPSA) is 82.6 Å². The molecule has 18 heavy (non-hydrogen) atoms. The van der Waals surface area contributed by atoms with Gasteiger partial charge in [-0.3, -0.25) is 4.99 Å². The van der Waals surface area contributed by atoms with Crippen molar-refractivity contribution < 1.29 is 8.42 Å². The normalized spacial score (nSPS) is 13.7. The number of guanidine groups is 1. The SMILES string of the molecule is CCNC(=NCCNS(C)(=O)=O)NC(C)CC.I. The zero-order valence-electron chi connectivity index (χ0n) is 11.5. The predicted octanol–water partition coefficient (Wildman–Crippen LogP) is 0.507. The summed E-state index contributed by atoms with van der Waals surface area (Å²) in [6.07, 6.45) is 2.14. The fourth-order valence-corrected chi connectivity index (χ4v) is 1.52. The van der Waals surface area contributed by atoms with E-state index in [2.05, 4.69) is 34.2 Å². The number of nitrogens with zero attached hydrogens (tertiary/aromatic N) is 1. The Kier molecular flexibility index (Phi) is 12.1. The Labute approximate surface area is 127 Å². The molecule has 3 N–H and O–H groups in total. The van der Waals surface area contributed by atoms with Crippen LogP contribution in [0.2, 0.25) is 0 Å². The van der Waals surface area contributed by atoms with E-state index in [1.54, 1.807) is 0 Å². The second-order valence-electron chi connectivity index (χ2n) is 3.88. The third-order valence-electron chi connectivity index (χ3n) is 2.09. The molecule has 0 aromatic carbocycles. The smallest absolute Gasteiger partial charge is 0.208 e. The van der Waals surface area contributed by atoms with Gasteiger partial charge in [0.15, 0.2) is 5.96 Å². The highest BCUT2D eigenvalue weighted by atomic mass is 127. The second-order valence-corrected chi connectivity index (χ2v) is 5.71. The molecule has 0 fully saturated rings. The van der Waals surface area contributed by atoms with Crippen molar-refractivity contribution in [3.63, 3.8) is 0 Å². The Bertz CT molecular complexity index is 333. The van der Waals surface area contributed by atoms with Gasteiger partial charge < -0.3 is 10.6 Å². The molecule has 0 amide bonds. The van der Waals surface area contributed by atoms with E-state index in [1.807, 2.05) is 6.92 Å². The molecule has 0 aliphatic heterocycles. The van der Waals surface area contributed by atoms with Crippen LogP contribution in [0.3, 0.4) is 0 Å². The average Bonchev–Trinajstić information content (AvgIpc) is 2.23. The largest absolute Gasteiger partial charge is 0.357 e. The molecule has 0 bridgehead atoms. The van der Waals surface area contributed by atoms with E-state index >= 15 is 0 Å². The quantitative estimate of drug-likeness (QED) is 0.255. The van der Waals surface area contributed by atoms with Crippen molar-refractivity contribution in [3.05, 3.63) is 0 Å². The fourth-order valence-electron chi connectivity index (χ4n) is 1.05. The first-order valence-electron chi connectivity index (χ1n) is 5.88.